The molecular formula is C17H23FN2O2. The van der Waals surface area contributed by atoms with Gasteiger partial charge in [0.25, 0.3) is 5.91 Å². The number of hydrogen-bond acceptors (Lipinski definition) is 3. The summed E-state index contributed by atoms with van der Waals surface area (Å²) in [5.74, 6) is -0.592. The van der Waals surface area contributed by atoms with Crippen molar-refractivity contribution in [2.45, 2.75) is 50.3 Å². The molecule has 5 heteroatoms. The van der Waals surface area contributed by atoms with Crippen LogP contribution in [-0.2, 0) is 11.3 Å². The first-order chi connectivity index (χ1) is 10.6. The fourth-order valence-electron chi connectivity index (χ4n) is 3.14. The molecule has 1 saturated heterocycles. The first kappa shape index (κ1) is 15.4. The van der Waals surface area contributed by atoms with Crippen molar-refractivity contribution in [3.63, 3.8) is 0 Å². The van der Waals surface area contributed by atoms with Crippen LogP contribution < -0.4 is 5.32 Å². The number of piperidine rings is 1. The molecule has 1 aliphatic heterocycles. The molecule has 1 aliphatic carbocycles. The molecule has 1 atom stereocenters. The van der Waals surface area contributed by atoms with Gasteiger partial charge in [0, 0.05) is 31.2 Å². The van der Waals surface area contributed by atoms with E-state index in [1.807, 2.05) is 0 Å². The minimum atomic E-state index is -1.35. The Morgan fingerprint density at radius 1 is 1.32 bits per heavy atom. The second-order valence-electron chi connectivity index (χ2n) is 6.46. The van der Waals surface area contributed by atoms with Gasteiger partial charge in [-0.05, 0) is 31.7 Å². The lowest BCUT2D eigenvalue weighted by molar-refractivity contribution is -0.157. The summed E-state index contributed by atoms with van der Waals surface area (Å²) >= 11 is 0. The van der Waals surface area contributed by atoms with Crippen LogP contribution in [0.1, 0.15) is 37.7 Å². The number of halogens is 1. The van der Waals surface area contributed by atoms with Gasteiger partial charge in [-0.2, -0.15) is 0 Å². The van der Waals surface area contributed by atoms with Crippen molar-refractivity contribution in [3.05, 3.63) is 35.6 Å². The van der Waals surface area contributed by atoms with E-state index in [-0.39, 0.29) is 18.3 Å². The third-order valence-corrected chi connectivity index (χ3v) is 4.81. The average molecular weight is 306 g/mol. The number of benzene rings is 1. The summed E-state index contributed by atoms with van der Waals surface area (Å²) in [5.41, 5.74) is -0.855. The Morgan fingerprint density at radius 3 is 2.77 bits per heavy atom. The van der Waals surface area contributed by atoms with Crippen molar-refractivity contribution in [1.82, 2.24) is 10.2 Å². The fraction of sp³-hybridized carbons (Fsp3) is 0.588. The van der Waals surface area contributed by atoms with E-state index in [0.29, 0.717) is 31.1 Å². The van der Waals surface area contributed by atoms with Gasteiger partial charge in [0.2, 0.25) is 0 Å². The highest BCUT2D eigenvalue weighted by Gasteiger charge is 2.42. The molecule has 2 N–H and O–H groups in total. The van der Waals surface area contributed by atoms with E-state index in [4.69, 9.17) is 0 Å². The van der Waals surface area contributed by atoms with Crippen molar-refractivity contribution >= 4 is 5.91 Å². The molecule has 0 aromatic heterocycles. The molecule has 0 radical (unpaired) electrons. The second-order valence-corrected chi connectivity index (χ2v) is 6.46. The molecule has 3 rings (SSSR count). The number of nitrogens with zero attached hydrogens (tertiary/aromatic N) is 1. The van der Waals surface area contributed by atoms with E-state index in [0.717, 1.165) is 19.3 Å². The first-order valence-electron chi connectivity index (χ1n) is 8.07. The second kappa shape index (κ2) is 6.34. The third-order valence-electron chi connectivity index (χ3n) is 4.81. The van der Waals surface area contributed by atoms with Crippen molar-refractivity contribution in [2.75, 3.05) is 13.1 Å². The van der Waals surface area contributed by atoms with Gasteiger partial charge in [0.05, 0.1) is 0 Å². The molecule has 4 nitrogen and oxygen atoms in total. The Bertz CT molecular complexity index is 547. The van der Waals surface area contributed by atoms with Gasteiger partial charge in [-0.3, -0.25) is 4.79 Å². The van der Waals surface area contributed by atoms with E-state index >= 15 is 0 Å². The first-order valence-corrected chi connectivity index (χ1v) is 8.07. The number of hydrogen-bond donors (Lipinski definition) is 2. The molecule has 1 heterocycles. The van der Waals surface area contributed by atoms with Gasteiger partial charge in [-0.1, -0.05) is 24.6 Å². The van der Waals surface area contributed by atoms with E-state index in [9.17, 15) is 14.3 Å². The van der Waals surface area contributed by atoms with Crippen LogP contribution >= 0.6 is 0 Å². The zero-order valence-corrected chi connectivity index (χ0v) is 12.7. The summed E-state index contributed by atoms with van der Waals surface area (Å²) in [6, 6.07) is 6.91. The lowest BCUT2D eigenvalue weighted by Gasteiger charge is -2.40. The van der Waals surface area contributed by atoms with E-state index in [2.05, 4.69) is 5.32 Å². The summed E-state index contributed by atoms with van der Waals surface area (Å²) in [7, 11) is 0. The predicted octanol–water partition coefficient (Wildman–Crippen LogP) is 1.82. The Labute approximate surface area is 130 Å². The minimum absolute atomic E-state index is 0.219. The van der Waals surface area contributed by atoms with Crippen LogP contribution in [0.5, 0.6) is 0 Å². The maximum absolute atomic E-state index is 13.8. The average Bonchev–Trinajstić information content (AvgIpc) is 2.45. The Morgan fingerprint density at radius 2 is 2.09 bits per heavy atom. The molecule has 0 spiro atoms. The SMILES string of the molecule is O=C1N(Cc2ccccc2F)CCCC1(O)CNC1CCC1. The van der Waals surface area contributed by atoms with Crippen molar-refractivity contribution in [3.8, 4) is 0 Å². The van der Waals surface area contributed by atoms with Crippen LogP contribution in [0, 0.1) is 5.82 Å². The normalized spacial score (nSPS) is 26.1. The summed E-state index contributed by atoms with van der Waals surface area (Å²) in [5, 5.41) is 14.0. The molecule has 1 amide bonds. The van der Waals surface area contributed by atoms with Gasteiger partial charge >= 0.3 is 0 Å². The summed E-state index contributed by atoms with van der Waals surface area (Å²) in [6.45, 7) is 1.08. The van der Waals surface area contributed by atoms with Crippen LogP contribution in [0.15, 0.2) is 24.3 Å². The topological polar surface area (TPSA) is 52.6 Å². The van der Waals surface area contributed by atoms with Crippen LogP contribution in [0.2, 0.25) is 0 Å². The molecule has 22 heavy (non-hydrogen) atoms. The highest BCUT2D eigenvalue weighted by atomic mass is 19.1. The summed E-state index contributed by atoms with van der Waals surface area (Å²) in [4.78, 5) is 14.2. The molecule has 0 bridgehead atoms. The Balaban J connectivity index is 1.65. The smallest absolute Gasteiger partial charge is 0.256 e. The van der Waals surface area contributed by atoms with Gasteiger partial charge in [0.1, 0.15) is 5.82 Å². The molecule has 1 aromatic carbocycles. The lowest BCUT2D eigenvalue weighted by atomic mass is 9.88. The maximum atomic E-state index is 13.8. The molecule has 1 aromatic rings. The molecule has 1 saturated carbocycles. The van der Waals surface area contributed by atoms with Crippen LogP contribution in [0.3, 0.4) is 0 Å². The number of carbonyl (C=O) groups excluding carboxylic acids is 1. The van der Waals surface area contributed by atoms with Gasteiger partial charge < -0.3 is 15.3 Å². The van der Waals surface area contributed by atoms with Crippen LogP contribution in [0.25, 0.3) is 0 Å². The molecule has 120 valence electrons. The highest BCUT2D eigenvalue weighted by molar-refractivity contribution is 5.86. The number of nitrogens with one attached hydrogen (secondary N) is 1. The minimum Gasteiger partial charge on any atom is -0.379 e. The summed E-state index contributed by atoms with van der Waals surface area (Å²) < 4.78 is 13.8. The number of amides is 1. The van der Waals surface area contributed by atoms with Gasteiger partial charge in [0.15, 0.2) is 5.60 Å². The standard InChI is InChI=1S/C17H23FN2O2/c18-15-8-2-1-5-13(15)11-20-10-4-9-17(22,16(20)21)12-19-14-6-3-7-14/h1-2,5,8,14,19,22H,3-4,6-7,9-12H2. The quantitative estimate of drug-likeness (QED) is 0.872. The van der Waals surface area contributed by atoms with Crippen molar-refractivity contribution in [2.24, 2.45) is 0 Å². The van der Waals surface area contributed by atoms with Gasteiger partial charge in [-0.15, -0.1) is 0 Å². The van der Waals surface area contributed by atoms with E-state index in [1.54, 1.807) is 23.1 Å². The van der Waals surface area contributed by atoms with Crippen LogP contribution in [0.4, 0.5) is 4.39 Å². The molecule has 2 aliphatic rings. The zero-order chi connectivity index (χ0) is 15.6. The summed E-state index contributed by atoms with van der Waals surface area (Å²) in [6.07, 6.45) is 4.65. The van der Waals surface area contributed by atoms with Crippen LogP contribution in [-0.4, -0.2) is 40.6 Å². The molecular weight excluding hydrogens is 283 g/mol. The van der Waals surface area contributed by atoms with E-state index < -0.39 is 5.60 Å². The third kappa shape index (κ3) is 3.15. The number of rotatable bonds is 5. The Hall–Kier alpha value is -1.46. The highest BCUT2D eigenvalue weighted by Crippen LogP contribution is 2.26. The lowest BCUT2D eigenvalue weighted by Crippen LogP contribution is -2.59. The van der Waals surface area contributed by atoms with Crippen molar-refractivity contribution < 1.29 is 14.3 Å². The van der Waals surface area contributed by atoms with Crippen molar-refractivity contribution in [1.29, 1.82) is 0 Å². The fourth-order valence-corrected chi connectivity index (χ4v) is 3.14. The molecule has 1 unspecified atom stereocenters. The number of carbonyl (C=O) groups is 1. The largest absolute Gasteiger partial charge is 0.379 e. The molecule has 2 fully saturated rings. The maximum Gasteiger partial charge on any atom is 0.256 e. The van der Waals surface area contributed by atoms with Gasteiger partial charge in [-0.25, -0.2) is 4.39 Å². The number of likely N-dealkylation sites (tertiary alicyclic amines) is 1. The van der Waals surface area contributed by atoms with E-state index in [1.165, 1.54) is 12.5 Å². The number of aliphatic hydroxyl groups is 1. The monoisotopic (exact) mass is 306 g/mol. The zero-order valence-electron chi connectivity index (χ0n) is 12.7. The predicted molar refractivity (Wildman–Crippen MR) is 81.6 cm³/mol. The Kier molecular flexibility index (Phi) is 4.45.